The van der Waals surface area contributed by atoms with Crippen molar-refractivity contribution in [1.29, 1.82) is 0 Å². The van der Waals surface area contributed by atoms with Crippen LogP contribution in [0.2, 0.25) is 0 Å². The number of fused-ring (bicyclic) bond motifs is 1. The Bertz CT molecular complexity index is 1210. The number of rotatable bonds is 7. The largest absolute Gasteiger partial charge is 0.496 e. The molecule has 1 aromatic heterocycles. The summed E-state index contributed by atoms with van der Waals surface area (Å²) in [5, 5.41) is 0. The van der Waals surface area contributed by atoms with Crippen LogP contribution in [0, 0.1) is 0 Å². The van der Waals surface area contributed by atoms with Crippen molar-refractivity contribution in [1.82, 2.24) is 14.2 Å². The van der Waals surface area contributed by atoms with Gasteiger partial charge in [0.15, 0.2) is 5.58 Å². The van der Waals surface area contributed by atoms with Crippen molar-refractivity contribution in [3.8, 4) is 5.75 Å². The van der Waals surface area contributed by atoms with Crippen LogP contribution >= 0.6 is 0 Å². The number of aromatic nitrogens is 1. The first kappa shape index (κ1) is 20.6. The number of oxazole rings is 1. The number of methoxy groups -OCH3 is 1. The molecule has 0 spiro atoms. The highest BCUT2D eigenvalue weighted by Gasteiger charge is 2.28. The Hall–Kier alpha value is -2.62. The number of para-hydroxylation sites is 1. The third-order valence-corrected chi connectivity index (χ3v) is 7.04. The summed E-state index contributed by atoms with van der Waals surface area (Å²) in [7, 11) is -0.600. The van der Waals surface area contributed by atoms with E-state index in [0.29, 0.717) is 5.52 Å². The van der Waals surface area contributed by atoms with Crippen molar-refractivity contribution >= 4 is 21.1 Å². The number of benzene rings is 2. The molecule has 2 aromatic carbocycles. The number of hydrogen-bond acceptors (Lipinski definition) is 6. The second-order valence-electron chi connectivity index (χ2n) is 7.41. The standard InChI is InChI=1S/C21H25N3O5S/c1-23-17-10-9-15(13-20(17)29-21(23)25)30(26,27)22-14-18(24-11-5-6-12-24)16-7-3-4-8-19(16)28-2/h3-4,7-10,13,18,22H,5-6,11-12,14H2,1-2H3. The zero-order valence-electron chi connectivity index (χ0n) is 17.0. The van der Waals surface area contributed by atoms with E-state index in [-0.39, 0.29) is 23.1 Å². The van der Waals surface area contributed by atoms with Gasteiger partial charge in [-0.25, -0.2) is 17.9 Å². The molecule has 1 N–H and O–H groups in total. The summed E-state index contributed by atoms with van der Waals surface area (Å²) in [6, 6.07) is 12.0. The van der Waals surface area contributed by atoms with Gasteiger partial charge in [-0.3, -0.25) is 9.47 Å². The second-order valence-corrected chi connectivity index (χ2v) is 9.18. The minimum Gasteiger partial charge on any atom is -0.496 e. The Morgan fingerprint density at radius 3 is 2.63 bits per heavy atom. The molecule has 0 radical (unpaired) electrons. The molecule has 0 aliphatic carbocycles. The van der Waals surface area contributed by atoms with E-state index in [1.54, 1.807) is 20.2 Å². The molecule has 160 valence electrons. The Morgan fingerprint density at radius 2 is 1.90 bits per heavy atom. The highest BCUT2D eigenvalue weighted by Crippen LogP contribution is 2.31. The van der Waals surface area contributed by atoms with Gasteiger partial charge in [0.25, 0.3) is 0 Å². The predicted octanol–water partition coefficient (Wildman–Crippen LogP) is 2.26. The number of aryl methyl sites for hydroxylation is 1. The molecular weight excluding hydrogens is 406 g/mol. The van der Waals surface area contributed by atoms with E-state index in [2.05, 4.69) is 9.62 Å². The number of hydrogen-bond donors (Lipinski definition) is 1. The van der Waals surface area contributed by atoms with Gasteiger partial charge in [-0.05, 0) is 44.1 Å². The normalized spacial score (nSPS) is 16.2. The first-order valence-corrected chi connectivity index (χ1v) is 11.4. The number of nitrogens with one attached hydrogen (secondary N) is 1. The molecule has 1 unspecified atom stereocenters. The monoisotopic (exact) mass is 431 g/mol. The van der Waals surface area contributed by atoms with Crippen molar-refractivity contribution in [2.75, 3.05) is 26.7 Å². The fourth-order valence-corrected chi connectivity index (χ4v) is 5.04. The number of nitrogens with zero attached hydrogens (tertiary/aromatic N) is 2. The number of likely N-dealkylation sites (tertiary alicyclic amines) is 1. The third kappa shape index (κ3) is 3.88. The van der Waals surface area contributed by atoms with E-state index in [1.807, 2.05) is 24.3 Å². The van der Waals surface area contributed by atoms with Gasteiger partial charge in [-0.2, -0.15) is 0 Å². The maximum atomic E-state index is 13.0. The lowest BCUT2D eigenvalue weighted by Gasteiger charge is -2.29. The van der Waals surface area contributed by atoms with E-state index in [4.69, 9.17) is 9.15 Å². The summed E-state index contributed by atoms with van der Waals surface area (Å²) in [6.45, 7) is 2.02. The first-order chi connectivity index (χ1) is 14.4. The topological polar surface area (TPSA) is 93.8 Å². The lowest BCUT2D eigenvalue weighted by atomic mass is 10.0. The van der Waals surface area contributed by atoms with Gasteiger partial charge in [0.05, 0.1) is 23.6 Å². The van der Waals surface area contributed by atoms with Crippen molar-refractivity contribution in [3.63, 3.8) is 0 Å². The van der Waals surface area contributed by atoms with Crippen molar-refractivity contribution in [3.05, 3.63) is 58.6 Å². The van der Waals surface area contributed by atoms with E-state index in [9.17, 15) is 13.2 Å². The van der Waals surface area contributed by atoms with E-state index >= 15 is 0 Å². The van der Waals surface area contributed by atoms with Crippen molar-refractivity contribution in [2.45, 2.75) is 23.8 Å². The van der Waals surface area contributed by atoms with Gasteiger partial charge in [0, 0.05) is 25.2 Å². The van der Waals surface area contributed by atoms with Gasteiger partial charge < -0.3 is 9.15 Å². The van der Waals surface area contributed by atoms with Crippen LogP contribution < -0.4 is 15.2 Å². The Balaban J connectivity index is 1.61. The lowest BCUT2D eigenvalue weighted by Crippen LogP contribution is -2.37. The number of ether oxygens (including phenoxy) is 1. The van der Waals surface area contributed by atoms with Gasteiger partial charge >= 0.3 is 5.76 Å². The molecule has 0 amide bonds. The minimum absolute atomic E-state index is 0.0598. The van der Waals surface area contributed by atoms with Crippen LogP contribution in [0.1, 0.15) is 24.4 Å². The lowest BCUT2D eigenvalue weighted by molar-refractivity contribution is 0.240. The maximum absolute atomic E-state index is 13.0. The Kier molecular flexibility index (Phi) is 5.68. The molecule has 1 fully saturated rings. The summed E-state index contributed by atoms with van der Waals surface area (Å²) in [5.74, 6) is 0.207. The third-order valence-electron chi connectivity index (χ3n) is 5.62. The van der Waals surface area contributed by atoms with Gasteiger partial charge in [0.1, 0.15) is 5.75 Å². The molecule has 0 saturated carbocycles. The summed E-state index contributed by atoms with van der Waals surface area (Å²) in [6.07, 6.45) is 2.17. The Labute approximate surface area is 175 Å². The molecule has 8 nitrogen and oxygen atoms in total. The molecule has 1 aliphatic heterocycles. The zero-order chi connectivity index (χ0) is 21.3. The van der Waals surface area contributed by atoms with Crippen molar-refractivity contribution in [2.24, 2.45) is 7.05 Å². The molecule has 0 bridgehead atoms. The van der Waals surface area contributed by atoms with Crippen LogP contribution in [-0.2, 0) is 17.1 Å². The summed E-state index contributed by atoms with van der Waals surface area (Å²) in [5.41, 5.74) is 1.74. The SMILES string of the molecule is COc1ccccc1C(CNS(=O)(=O)c1ccc2c(c1)oc(=O)n2C)N1CCCC1. The first-order valence-electron chi connectivity index (χ1n) is 9.87. The number of sulfonamides is 1. The molecule has 1 atom stereocenters. The van der Waals surface area contributed by atoms with E-state index in [1.165, 1.54) is 16.7 Å². The van der Waals surface area contributed by atoms with Crippen molar-refractivity contribution < 1.29 is 17.6 Å². The van der Waals surface area contributed by atoms with Crippen LogP contribution in [0.5, 0.6) is 5.75 Å². The zero-order valence-corrected chi connectivity index (χ0v) is 17.8. The molecular formula is C21H25N3O5S. The van der Waals surface area contributed by atoms with Crippen LogP contribution in [0.3, 0.4) is 0 Å². The Morgan fingerprint density at radius 1 is 1.17 bits per heavy atom. The second kappa shape index (κ2) is 8.25. The molecule has 2 heterocycles. The summed E-state index contributed by atoms with van der Waals surface area (Å²) < 4.78 is 40.7. The van der Waals surface area contributed by atoms with Crippen LogP contribution in [0.15, 0.2) is 56.6 Å². The quantitative estimate of drug-likeness (QED) is 0.617. The maximum Gasteiger partial charge on any atom is 0.419 e. The van der Waals surface area contributed by atoms with E-state index < -0.39 is 15.8 Å². The summed E-state index contributed by atoms with van der Waals surface area (Å²) >= 11 is 0. The van der Waals surface area contributed by atoms with Crippen LogP contribution in [-0.4, -0.2) is 44.6 Å². The summed E-state index contributed by atoms with van der Waals surface area (Å²) in [4.78, 5) is 14.0. The predicted molar refractivity (Wildman–Crippen MR) is 113 cm³/mol. The van der Waals surface area contributed by atoms with Crippen LogP contribution in [0.4, 0.5) is 0 Å². The molecule has 9 heteroatoms. The average Bonchev–Trinajstić information content (AvgIpc) is 3.37. The smallest absolute Gasteiger partial charge is 0.419 e. The molecule has 1 aliphatic rings. The highest BCUT2D eigenvalue weighted by molar-refractivity contribution is 7.89. The van der Waals surface area contributed by atoms with Crippen LogP contribution in [0.25, 0.3) is 11.1 Å². The molecule has 1 saturated heterocycles. The van der Waals surface area contributed by atoms with Gasteiger partial charge in [-0.1, -0.05) is 18.2 Å². The van der Waals surface area contributed by atoms with Gasteiger partial charge in [-0.15, -0.1) is 0 Å². The fourth-order valence-electron chi connectivity index (χ4n) is 3.98. The average molecular weight is 432 g/mol. The van der Waals surface area contributed by atoms with Gasteiger partial charge in [0.2, 0.25) is 10.0 Å². The highest BCUT2D eigenvalue weighted by atomic mass is 32.2. The fraction of sp³-hybridized carbons (Fsp3) is 0.381. The molecule has 30 heavy (non-hydrogen) atoms. The molecule has 3 aromatic rings. The minimum atomic E-state index is -3.80. The molecule has 4 rings (SSSR count). The van der Waals surface area contributed by atoms with E-state index in [0.717, 1.165) is 37.2 Å².